The molecule has 0 bridgehead atoms. The summed E-state index contributed by atoms with van der Waals surface area (Å²) in [7, 11) is 1.26. The molecule has 10 heteroatoms. The van der Waals surface area contributed by atoms with Gasteiger partial charge in [0.2, 0.25) is 0 Å². The number of hydrogen-bond acceptors (Lipinski definition) is 6. The van der Waals surface area contributed by atoms with Crippen molar-refractivity contribution in [1.82, 2.24) is 25.6 Å². The van der Waals surface area contributed by atoms with E-state index < -0.39 is 29.8 Å². The zero-order valence-corrected chi connectivity index (χ0v) is 18.2. The predicted molar refractivity (Wildman–Crippen MR) is 121 cm³/mol. The zero-order chi connectivity index (χ0) is 24.1. The summed E-state index contributed by atoms with van der Waals surface area (Å²) in [4.78, 5) is 34.1. The number of pyridine rings is 1. The van der Waals surface area contributed by atoms with Gasteiger partial charge in [-0.15, -0.1) is 0 Å². The first-order valence-corrected chi connectivity index (χ1v) is 10.4. The van der Waals surface area contributed by atoms with Crippen LogP contribution < -0.4 is 10.8 Å². The molecule has 0 aliphatic rings. The molecule has 9 nitrogen and oxygen atoms in total. The molecule has 2 aromatic heterocycles. The number of hydrogen-bond donors (Lipinski definition) is 3. The minimum atomic E-state index is -1.43. The van der Waals surface area contributed by atoms with Crippen molar-refractivity contribution in [3.8, 4) is 5.82 Å². The van der Waals surface area contributed by atoms with Gasteiger partial charge in [0.1, 0.15) is 11.9 Å². The number of rotatable bonds is 8. The first-order chi connectivity index (χ1) is 16.5. The number of nitrogens with one attached hydrogen (secondary N) is 2. The fraction of sp³-hybridized carbons (Fsp3) is 0.167. The SMILES string of the molecule is CONC(=O)C(O)CC(NC(=O)c1cccnc1-n1cc2cc(F)ccc2n1)c1ccccc1. The average Bonchev–Trinajstić information content (AvgIpc) is 3.27. The quantitative estimate of drug-likeness (QED) is 0.346. The Balaban J connectivity index is 1.63. The van der Waals surface area contributed by atoms with Gasteiger partial charge in [0, 0.05) is 24.2 Å². The summed E-state index contributed by atoms with van der Waals surface area (Å²) in [6, 6.07) is 15.7. The van der Waals surface area contributed by atoms with Crippen LogP contribution in [0.25, 0.3) is 16.7 Å². The average molecular weight is 463 g/mol. The van der Waals surface area contributed by atoms with Gasteiger partial charge in [-0.2, -0.15) is 5.10 Å². The predicted octanol–water partition coefficient (Wildman–Crippen LogP) is 2.46. The normalized spacial score (nSPS) is 12.8. The molecule has 3 N–H and O–H groups in total. The van der Waals surface area contributed by atoms with Crippen molar-refractivity contribution in [2.45, 2.75) is 18.6 Å². The summed E-state index contributed by atoms with van der Waals surface area (Å²) in [6.45, 7) is 0. The maximum absolute atomic E-state index is 13.6. The molecule has 0 spiro atoms. The van der Waals surface area contributed by atoms with E-state index >= 15 is 0 Å². The van der Waals surface area contributed by atoms with Gasteiger partial charge in [0.05, 0.1) is 24.2 Å². The van der Waals surface area contributed by atoms with Crippen molar-refractivity contribution in [3.05, 3.63) is 90.0 Å². The lowest BCUT2D eigenvalue weighted by molar-refractivity contribution is -0.140. The summed E-state index contributed by atoms with van der Waals surface area (Å²) in [5.74, 6) is -1.36. The first-order valence-electron chi connectivity index (χ1n) is 10.4. The molecule has 0 aliphatic carbocycles. The van der Waals surface area contributed by atoms with E-state index in [1.54, 1.807) is 48.7 Å². The van der Waals surface area contributed by atoms with E-state index in [1.165, 1.54) is 30.1 Å². The molecule has 34 heavy (non-hydrogen) atoms. The van der Waals surface area contributed by atoms with Crippen LogP contribution in [0.4, 0.5) is 4.39 Å². The van der Waals surface area contributed by atoms with Gasteiger partial charge < -0.3 is 10.4 Å². The summed E-state index contributed by atoms with van der Waals surface area (Å²) in [5.41, 5.74) is 3.55. The Bertz CT molecular complexity index is 1310. The minimum Gasteiger partial charge on any atom is -0.383 e. The molecule has 0 radical (unpaired) electrons. The van der Waals surface area contributed by atoms with Crippen molar-refractivity contribution in [2.75, 3.05) is 7.11 Å². The van der Waals surface area contributed by atoms with Crippen LogP contribution in [-0.2, 0) is 9.63 Å². The topological polar surface area (TPSA) is 118 Å². The maximum Gasteiger partial charge on any atom is 0.272 e. The number of hydroxylamine groups is 1. The van der Waals surface area contributed by atoms with E-state index in [9.17, 15) is 19.1 Å². The Labute approximate surface area is 194 Å². The van der Waals surface area contributed by atoms with Gasteiger partial charge >= 0.3 is 0 Å². The van der Waals surface area contributed by atoms with E-state index in [4.69, 9.17) is 0 Å². The molecule has 0 saturated carbocycles. The standard InChI is InChI=1S/C24H22FN5O4/c1-34-29-24(33)21(31)13-20(15-6-3-2-4-7-15)27-23(32)18-8-5-11-26-22(18)30-14-16-12-17(25)9-10-19(16)28-30/h2-12,14,20-21,31H,13H2,1H3,(H,27,32)(H,29,33). The molecule has 4 rings (SSSR count). The van der Waals surface area contributed by atoms with E-state index in [0.717, 1.165) is 0 Å². The van der Waals surface area contributed by atoms with Crippen molar-refractivity contribution >= 4 is 22.7 Å². The number of benzene rings is 2. The number of carbonyl (C=O) groups excluding carboxylic acids is 2. The molecule has 0 fully saturated rings. The summed E-state index contributed by atoms with van der Waals surface area (Å²) in [5, 5.41) is 18.1. The van der Waals surface area contributed by atoms with Gasteiger partial charge in [-0.05, 0) is 35.9 Å². The van der Waals surface area contributed by atoms with Crippen LogP contribution >= 0.6 is 0 Å². The molecule has 2 atom stereocenters. The maximum atomic E-state index is 13.6. The molecular weight excluding hydrogens is 441 g/mol. The van der Waals surface area contributed by atoms with Crippen LogP contribution in [-0.4, -0.2) is 44.9 Å². The van der Waals surface area contributed by atoms with Crippen molar-refractivity contribution < 1.29 is 23.9 Å². The Kier molecular flexibility index (Phi) is 6.90. The van der Waals surface area contributed by atoms with E-state index in [-0.39, 0.29) is 17.8 Å². The molecule has 2 amide bonds. The zero-order valence-electron chi connectivity index (χ0n) is 18.2. The highest BCUT2D eigenvalue weighted by Crippen LogP contribution is 2.22. The second-order valence-electron chi connectivity index (χ2n) is 7.51. The van der Waals surface area contributed by atoms with Crippen LogP contribution in [0.5, 0.6) is 0 Å². The summed E-state index contributed by atoms with van der Waals surface area (Å²) >= 11 is 0. The van der Waals surface area contributed by atoms with Gasteiger partial charge in [-0.25, -0.2) is 19.5 Å². The molecular formula is C24H22FN5O4. The lowest BCUT2D eigenvalue weighted by atomic mass is 9.99. The van der Waals surface area contributed by atoms with E-state index in [0.29, 0.717) is 16.5 Å². The molecule has 2 heterocycles. The van der Waals surface area contributed by atoms with Crippen molar-refractivity contribution in [1.29, 1.82) is 0 Å². The third-order valence-corrected chi connectivity index (χ3v) is 5.19. The second-order valence-corrected chi connectivity index (χ2v) is 7.51. The number of carbonyl (C=O) groups is 2. The largest absolute Gasteiger partial charge is 0.383 e. The van der Waals surface area contributed by atoms with Gasteiger partial charge in [0.15, 0.2) is 5.82 Å². The Morgan fingerprint density at radius 1 is 1.15 bits per heavy atom. The number of halogens is 1. The minimum absolute atomic E-state index is 0.0918. The fourth-order valence-electron chi connectivity index (χ4n) is 3.56. The van der Waals surface area contributed by atoms with Crippen molar-refractivity contribution in [2.24, 2.45) is 0 Å². The van der Waals surface area contributed by atoms with E-state index in [2.05, 4.69) is 25.7 Å². The number of amides is 2. The number of aliphatic hydroxyl groups excluding tert-OH is 1. The van der Waals surface area contributed by atoms with Gasteiger partial charge in [0.25, 0.3) is 11.8 Å². The third-order valence-electron chi connectivity index (χ3n) is 5.19. The van der Waals surface area contributed by atoms with Gasteiger partial charge in [-0.1, -0.05) is 30.3 Å². The number of nitrogens with zero attached hydrogens (tertiary/aromatic N) is 3. The van der Waals surface area contributed by atoms with Crippen LogP contribution in [0.1, 0.15) is 28.4 Å². The fourth-order valence-corrected chi connectivity index (χ4v) is 3.56. The van der Waals surface area contributed by atoms with Crippen LogP contribution in [0.2, 0.25) is 0 Å². The molecule has 174 valence electrons. The van der Waals surface area contributed by atoms with Gasteiger partial charge in [-0.3, -0.25) is 14.4 Å². The number of aromatic nitrogens is 3. The second kappa shape index (κ2) is 10.2. The van der Waals surface area contributed by atoms with E-state index in [1.807, 2.05) is 6.07 Å². The first kappa shape index (κ1) is 23.0. The monoisotopic (exact) mass is 463 g/mol. The smallest absolute Gasteiger partial charge is 0.272 e. The third kappa shape index (κ3) is 5.08. The lowest BCUT2D eigenvalue weighted by Crippen LogP contribution is -2.38. The van der Waals surface area contributed by atoms with Crippen LogP contribution in [0.3, 0.4) is 0 Å². The Hall–Kier alpha value is -4.15. The molecule has 0 aliphatic heterocycles. The lowest BCUT2D eigenvalue weighted by Gasteiger charge is -2.22. The Morgan fingerprint density at radius 2 is 1.94 bits per heavy atom. The molecule has 2 unspecified atom stereocenters. The Morgan fingerprint density at radius 3 is 2.71 bits per heavy atom. The van der Waals surface area contributed by atoms with Crippen LogP contribution in [0.15, 0.2) is 73.1 Å². The number of fused-ring (bicyclic) bond motifs is 1. The highest BCUT2D eigenvalue weighted by Gasteiger charge is 2.25. The van der Waals surface area contributed by atoms with Crippen molar-refractivity contribution in [3.63, 3.8) is 0 Å². The molecule has 0 saturated heterocycles. The van der Waals surface area contributed by atoms with Crippen LogP contribution in [0, 0.1) is 5.82 Å². The highest BCUT2D eigenvalue weighted by molar-refractivity contribution is 5.97. The molecule has 2 aromatic carbocycles. The summed E-state index contributed by atoms with van der Waals surface area (Å²) < 4.78 is 15.0. The highest BCUT2D eigenvalue weighted by atomic mass is 19.1. The molecule has 4 aromatic rings. The summed E-state index contributed by atoms with van der Waals surface area (Å²) in [6.07, 6.45) is 1.59. The number of aliphatic hydroxyl groups is 1.